The number of nitrogens with zero attached hydrogens (tertiary/aromatic N) is 2. The number of pyridine rings is 1. The monoisotopic (exact) mass is 295 g/mol. The molecule has 0 aliphatic heterocycles. The van der Waals surface area contributed by atoms with E-state index in [0.717, 1.165) is 28.9 Å². The van der Waals surface area contributed by atoms with Crippen LogP contribution in [-0.4, -0.2) is 19.1 Å². The molecule has 0 radical (unpaired) electrons. The standard InChI is InChI=1S/C14H18ClN3S/c1-10-6-11(8-16-2)7-14(17-10)18(3)9-12-4-5-13(15)19-12/h4-7,16H,8-9H2,1-3H3. The Morgan fingerprint density at radius 2 is 2.16 bits per heavy atom. The second-order valence-corrected chi connectivity index (χ2v) is 6.37. The summed E-state index contributed by atoms with van der Waals surface area (Å²) in [4.78, 5) is 7.98. The van der Waals surface area contributed by atoms with Gasteiger partial charge in [-0.3, -0.25) is 0 Å². The molecule has 2 heterocycles. The predicted molar refractivity (Wildman–Crippen MR) is 83.2 cm³/mol. The molecule has 2 aromatic rings. The van der Waals surface area contributed by atoms with E-state index in [9.17, 15) is 0 Å². The third kappa shape index (κ3) is 3.93. The van der Waals surface area contributed by atoms with Gasteiger partial charge < -0.3 is 10.2 Å². The predicted octanol–water partition coefficient (Wildman–Crippen LogP) is 3.46. The molecule has 2 rings (SSSR count). The Hall–Kier alpha value is -1.10. The fraction of sp³-hybridized carbons (Fsp3) is 0.357. The van der Waals surface area contributed by atoms with E-state index in [2.05, 4.69) is 40.4 Å². The summed E-state index contributed by atoms with van der Waals surface area (Å²) in [6.45, 7) is 3.71. The zero-order valence-corrected chi connectivity index (χ0v) is 13.0. The molecule has 0 aromatic carbocycles. The summed E-state index contributed by atoms with van der Waals surface area (Å²) in [6, 6.07) is 8.23. The van der Waals surface area contributed by atoms with Crippen molar-refractivity contribution < 1.29 is 0 Å². The highest BCUT2D eigenvalue weighted by atomic mass is 35.5. The summed E-state index contributed by atoms with van der Waals surface area (Å²) in [5, 5.41) is 3.17. The number of aromatic nitrogens is 1. The first-order chi connectivity index (χ1) is 9.08. The van der Waals surface area contributed by atoms with Gasteiger partial charge in [0.15, 0.2) is 0 Å². The van der Waals surface area contributed by atoms with Gasteiger partial charge in [-0.15, -0.1) is 11.3 Å². The summed E-state index contributed by atoms with van der Waals surface area (Å²) >= 11 is 7.57. The van der Waals surface area contributed by atoms with Crippen LogP contribution in [0, 0.1) is 6.92 Å². The summed E-state index contributed by atoms with van der Waals surface area (Å²) in [5.74, 6) is 0.995. The van der Waals surface area contributed by atoms with Crippen LogP contribution < -0.4 is 10.2 Å². The van der Waals surface area contributed by atoms with Gasteiger partial charge in [-0.2, -0.15) is 0 Å². The molecule has 0 saturated heterocycles. The average molecular weight is 296 g/mol. The first-order valence-electron chi connectivity index (χ1n) is 6.16. The molecule has 0 saturated carbocycles. The molecule has 1 N–H and O–H groups in total. The number of nitrogens with one attached hydrogen (secondary N) is 1. The molecule has 19 heavy (non-hydrogen) atoms. The summed E-state index contributed by atoms with van der Waals surface area (Å²) in [5.41, 5.74) is 2.29. The van der Waals surface area contributed by atoms with Gasteiger partial charge in [0.2, 0.25) is 0 Å². The van der Waals surface area contributed by atoms with Crippen LogP contribution in [0.3, 0.4) is 0 Å². The fourth-order valence-corrected chi connectivity index (χ4v) is 3.12. The third-order valence-electron chi connectivity index (χ3n) is 2.79. The highest BCUT2D eigenvalue weighted by Gasteiger charge is 2.07. The molecule has 0 aliphatic rings. The fourth-order valence-electron chi connectivity index (χ4n) is 1.97. The molecule has 0 aliphatic carbocycles. The first-order valence-corrected chi connectivity index (χ1v) is 7.35. The van der Waals surface area contributed by atoms with Crippen molar-refractivity contribution in [2.75, 3.05) is 19.0 Å². The second-order valence-electron chi connectivity index (χ2n) is 4.57. The van der Waals surface area contributed by atoms with E-state index in [1.807, 2.05) is 20.0 Å². The Morgan fingerprint density at radius 3 is 2.79 bits per heavy atom. The molecule has 0 fully saturated rings. The summed E-state index contributed by atoms with van der Waals surface area (Å²) in [6.07, 6.45) is 0. The SMILES string of the molecule is CNCc1cc(C)nc(N(C)Cc2ccc(Cl)s2)c1. The van der Waals surface area contributed by atoms with E-state index in [1.165, 1.54) is 10.4 Å². The highest BCUT2D eigenvalue weighted by Crippen LogP contribution is 2.24. The summed E-state index contributed by atoms with van der Waals surface area (Å²) in [7, 11) is 4.01. The molecule has 0 unspecified atom stereocenters. The number of thiophene rings is 1. The Bertz CT molecular complexity index is 553. The lowest BCUT2D eigenvalue weighted by Crippen LogP contribution is -2.18. The first kappa shape index (κ1) is 14.3. The van der Waals surface area contributed by atoms with Gasteiger partial charge in [0.05, 0.1) is 10.9 Å². The van der Waals surface area contributed by atoms with E-state index in [1.54, 1.807) is 11.3 Å². The maximum Gasteiger partial charge on any atom is 0.129 e. The van der Waals surface area contributed by atoms with Gasteiger partial charge in [0, 0.05) is 24.2 Å². The van der Waals surface area contributed by atoms with Crippen LogP contribution in [0.1, 0.15) is 16.1 Å². The number of hydrogen-bond donors (Lipinski definition) is 1. The van der Waals surface area contributed by atoms with Gasteiger partial charge in [-0.05, 0) is 43.8 Å². The molecule has 2 aromatic heterocycles. The number of halogens is 1. The van der Waals surface area contributed by atoms with E-state index >= 15 is 0 Å². The number of anilines is 1. The zero-order valence-electron chi connectivity index (χ0n) is 11.4. The van der Waals surface area contributed by atoms with Crippen molar-refractivity contribution in [3.8, 4) is 0 Å². The molecule has 5 heteroatoms. The topological polar surface area (TPSA) is 28.2 Å². The number of aryl methyl sites for hydroxylation is 1. The largest absolute Gasteiger partial charge is 0.355 e. The van der Waals surface area contributed by atoms with E-state index in [-0.39, 0.29) is 0 Å². The highest BCUT2D eigenvalue weighted by molar-refractivity contribution is 7.16. The van der Waals surface area contributed by atoms with Crippen molar-refractivity contribution in [2.45, 2.75) is 20.0 Å². The number of hydrogen-bond acceptors (Lipinski definition) is 4. The van der Waals surface area contributed by atoms with Crippen LogP contribution in [0.2, 0.25) is 4.34 Å². The van der Waals surface area contributed by atoms with Crippen molar-refractivity contribution in [2.24, 2.45) is 0 Å². The lowest BCUT2D eigenvalue weighted by atomic mass is 10.2. The molecule has 0 amide bonds. The second kappa shape index (κ2) is 6.37. The molecule has 0 spiro atoms. The minimum Gasteiger partial charge on any atom is -0.355 e. The van der Waals surface area contributed by atoms with Crippen molar-refractivity contribution in [1.29, 1.82) is 0 Å². The van der Waals surface area contributed by atoms with Crippen molar-refractivity contribution >= 4 is 28.8 Å². The lowest BCUT2D eigenvalue weighted by Gasteiger charge is -2.18. The smallest absolute Gasteiger partial charge is 0.129 e. The van der Waals surface area contributed by atoms with Gasteiger partial charge in [0.1, 0.15) is 5.82 Å². The van der Waals surface area contributed by atoms with Gasteiger partial charge in [-0.1, -0.05) is 11.6 Å². The normalized spacial score (nSPS) is 10.7. The minimum absolute atomic E-state index is 0.826. The van der Waals surface area contributed by atoms with Crippen LogP contribution in [0.5, 0.6) is 0 Å². The van der Waals surface area contributed by atoms with Crippen LogP contribution >= 0.6 is 22.9 Å². The van der Waals surface area contributed by atoms with Gasteiger partial charge >= 0.3 is 0 Å². The summed E-state index contributed by atoms with van der Waals surface area (Å²) < 4.78 is 0.830. The Labute approximate surface area is 123 Å². The van der Waals surface area contributed by atoms with Crippen LogP contribution in [0.15, 0.2) is 24.3 Å². The lowest BCUT2D eigenvalue weighted by molar-refractivity contribution is 0.809. The van der Waals surface area contributed by atoms with Crippen molar-refractivity contribution in [1.82, 2.24) is 10.3 Å². The Kier molecular flexibility index (Phi) is 4.80. The van der Waals surface area contributed by atoms with E-state index in [0.29, 0.717) is 0 Å². The molecule has 0 atom stereocenters. The van der Waals surface area contributed by atoms with Crippen LogP contribution in [-0.2, 0) is 13.1 Å². The van der Waals surface area contributed by atoms with Crippen LogP contribution in [0.25, 0.3) is 0 Å². The maximum atomic E-state index is 5.96. The molecular formula is C14H18ClN3S. The average Bonchev–Trinajstić information content (AvgIpc) is 2.74. The minimum atomic E-state index is 0.826. The molecular weight excluding hydrogens is 278 g/mol. The number of rotatable bonds is 5. The van der Waals surface area contributed by atoms with E-state index < -0.39 is 0 Å². The zero-order chi connectivity index (χ0) is 13.8. The maximum absolute atomic E-state index is 5.96. The molecule has 3 nitrogen and oxygen atoms in total. The Morgan fingerprint density at radius 1 is 1.37 bits per heavy atom. The van der Waals surface area contributed by atoms with Gasteiger partial charge in [0.25, 0.3) is 0 Å². The Balaban J connectivity index is 2.15. The quantitative estimate of drug-likeness (QED) is 0.915. The van der Waals surface area contributed by atoms with E-state index in [4.69, 9.17) is 11.6 Å². The van der Waals surface area contributed by atoms with Gasteiger partial charge in [-0.25, -0.2) is 4.98 Å². The van der Waals surface area contributed by atoms with Crippen LogP contribution in [0.4, 0.5) is 5.82 Å². The molecule has 0 bridgehead atoms. The molecule has 102 valence electrons. The van der Waals surface area contributed by atoms with Crippen molar-refractivity contribution in [3.63, 3.8) is 0 Å². The third-order valence-corrected chi connectivity index (χ3v) is 4.01. The van der Waals surface area contributed by atoms with Crippen molar-refractivity contribution in [3.05, 3.63) is 44.7 Å².